The molecule has 2 rings (SSSR count). The molecular weight excluding hydrogens is 283 g/mol. The van der Waals surface area contributed by atoms with Crippen molar-refractivity contribution < 1.29 is 17.9 Å². The predicted octanol–water partition coefficient (Wildman–Crippen LogP) is 2.60. The molecule has 0 spiro atoms. The molecule has 1 fully saturated rings. The Morgan fingerprint density at radius 2 is 2.05 bits per heavy atom. The lowest BCUT2D eigenvalue weighted by molar-refractivity contribution is -0.137. The van der Waals surface area contributed by atoms with Gasteiger partial charge in [0, 0.05) is 24.3 Å². The topological polar surface area (TPSA) is 62.3 Å². The lowest BCUT2D eigenvalue weighted by atomic mass is 10.0. The third-order valence-corrected chi connectivity index (χ3v) is 3.39. The van der Waals surface area contributed by atoms with E-state index < -0.39 is 23.2 Å². The van der Waals surface area contributed by atoms with Crippen LogP contribution < -0.4 is 10.6 Å². The molecule has 1 aliphatic heterocycles. The Morgan fingerprint density at radius 1 is 1.38 bits per heavy atom. The van der Waals surface area contributed by atoms with E-state index in [2.05, 4.69) is 0 Å². The monoisotopic (exact) mass is 301 g/mol. The van der Waals surface area contributed by atoms with E-state index in [0.717, 1.165) is 6.07 Å². The number of hydrogen-bond donors (Lipinski definition) is 2. The first kappa shape index (κ1) is 15.6. The van der Waals surface area contributed by atoms with Crippen LogP contribution in [0.3, 0.4) is 0 Å². The molecule has 0 aromatic heterocycles. The molecule has 0 unspecified atom stereocenters. The van der Waals surface area contributed by atoms with Crippen molar-refractivity contribution in [2.45, 2.75) is 25.6 Å². The number of nitrogens with two attached hydrogens (primary N) is 1. The Morgan fingerprint density at radius 3 is 2.57 bits per heavy atom. The van der Waals surface area contributed by atoms with E-state index in [1.54, 1.807) is 6.07 Å². The molecule has 4 nitrogen and oxygen atoms in total. The molecule has 21 heavy (non-hydrogen) atoms. The zero-order valence-electron chi connectivity index (χ0n) is 11.9. The van der Waals surface area contributed by atoms with Gasteiger partial charge in [-0.05, 0) is 32.0 Å². The number of benzene rings is 1. The molecule has 1 aromatic carbocycles. The van der Waals surface area contributed by atoms with Crippen LogP contribution in [0.4, 0.5) is 18.9 Å². The summed E-state index contributed by atoms with van der Waals surface area (Å²) in [7, 11) is 0. The second kappa shape index (κ2) is 5.22. The Labute approximate surface area is 121 Å². The van der Waals surface area contributed by atoms with Gasteiger partial charge < -0.3 is 15.4 Å². The van der Waals surface area contributed by atoms with Gasteiger partial charge in [0.2, 0.25) is 0 Å². The predicted molar refractivity (Wildman–Crippen MR) is 74.7 cm³/mol. The smallest absolute Gasteiger partial charge is 0.384 e. The van der Waals surface area contributed by atoms with Crippen LogP contribution in [0.25, 0.3) is 0 Å². The SMILES string of the molecule is CC1(C)CN(c2ccc(C(=N)N)c(C(F)(F)F)c2)CCO1. The molecule has 0 aliphatic carbocycles. The summed E-state index contributed by atoms with van der Waals surface area (Å²) in [4.78, 5) is 1.85. The number of hydrogen-bond acceptors (Lipinski definition) is 3. The average molecular weight is 301 g/mol. The maximum Gasteiger partial charge on any atom is 0.417 e. The van der Waals surface area contributed by atoms with Gasteiger partial charge in [0.15, 0.2) is 0 Å². The highest BCUT2D eigenvalue weighted by atomic mass is 19.4. The molecule has 1 aliphatic rings. The number of anilines is 1. The highest BCUT2D eigenvalue weighted by Gasteiger charge is 2.35. The summed E-state index contributed by atoms with van der Waals surface area (Å²) in [6, 6.07) is 3.87. The maximum atomic E-state index is 13.1. The van der Waals surface area contributed by atoms with E-state index in [4.69, 9.17) is 15.9 Å². The van der Waals surface area contributed by atoms with Crippen molar-refractivity contribution in [1.29, 1.82) is 5.41 Å². The van der Waals surface area contributed by atoms with Gasteiger partial charge in [-0.15, -0.1) is 0 Å². The lowest BCUT2D eigenvalue weighted by Gasteiger charge is -2.39. The number of nitrogens with one attached hydrogen (secondary N) is 1. The molecular formula is C14H18F3N3O. The van der Waals surface area contributed by atoms with Crippen LogP contribution in [-0.4, -0.2) is 31.1 Å². The molecule has 0 atom stereocenters. The first-order chi connectivity index (χ1) is 9.60. The summed E-state index contributed by atoms with van der Waals surface area (Å²) in [5, 5.41) is 7.28. The van der Waals surface area contributed by atoms with E-state index in [1.807, 2.05) is 18.7 Å². The Kier molecular flexibility index (Phi) is 3.88. The second-order valence-corrected chi connectivity index (χ2v) is 5.67. The fraction of sp³-hybridized carbons (Fsp3) is 0.500. The lowest BCUT2D eigenvalue weighted by Crippen LogP contribution is -2.48. The fourth-order valence-electron chi connectivity index (χ4n) is 2.44. The van der Waals surface area contributed by atoms with Crippen LogP contribution in [0.1, 0.15) is 25.0 Å². The molecule has 116 valence electrons. The minimum atomic E-state index is -4.54. The van der Waals surface area contributed by atoms with Gasteiger partial charge in [-0.1, -0.05) is 0 Å². The van der Waals surface area contributed by atoms with E-state index in [1.165, 1.54) is 6.07 Å². The van der Waals surface area contributed by atoms with Gasteiger partial charge in [-0.2, -0.15) is 13.2 Å². The summed E-state index contributed by atoms with van der Waals surface area (Å²) in [5.74, 6) is -0.587. The normalized spacial score (nSPS) is 18.6. The van der Waals surface area contributed by atoms with Crippen molar-refractivity contribution in [3.05, 3.63) is 29.3 Å². The largest absolute Gasteiger partial charge is 0.417 e. The van der Waals surface area contributed by atoms with Gasteiger partial charge in [0.25, 0.3) is 0 Å². The van der Waals surface area contributed by atoms with Gasteiger partial charge in [-0.25, -0.2) is 0 Å². The average Bonchev–Trinajstić information content (AvgIpc) is 2.35. The fourth-order valence-corrected chi connectivity index (χ4v) is 2.44. The van der Waals surface area contributed by atoms with Crippen LogP contribution in [0.2, 0.25) is 0 Å². The zero-order valence-corrected chi connectivity index (χ0v) is 11.9. The highest BCUT2D eigenvalue weighted by Crippen LogP contribution is 2.35. The van der Waals surface area contributed by atoms with Crippen LogP contribution in [0.5, 0.6) is 0 Å². The third kappa shape index (κ3) is 3.47. The second-order valence-electron chi connectivity index (χ2n) is 5.67. The Bertz CT molecular complexity index is 555. The van der Waals surface area contributed by atoms with E-state index in [0.29, 0.717) is 25.4 Å². The number of rotatable bonds is 2. The number of ether oxygens (including phenoxy) is 1. The molecule has 0 amide bonds. The van der Waals surface area contributed by atoms with Crippen LogP contribution in [0, 0.1) is 5.41 Å². The number of morpholine rings is 1. The first-order valence-electron chi connectivity index (χ1n) is 6.55. The Hall–Kier alpha value is -1.76. The highest BCUT2D eigenvalue weighted by molar-refractivity contribution is 5.97. The quantitative estimate of drug-likeness (QED) is 0.652. The summed E-state index contributed by atoms with van der Waals surface area (Å²) < 4.78 is 44.9. The van der Waals surface area contributed by atoms with Crippen molar-refractivity contribution in [2.24, 2.45) is 5.73 Å². The van der Waals surface area contributed by atoms with Gasteiger partial charge in [0.1, 0.15) is 5.84 Å². The number of alkyl halides is 3. The summed E-state index contributed by atoms with van der Waals surface area (Å²) in [6.07, 6.45) is -4.54. The van der Waals surface area contributed by atoms with Gasteiger partial charge in [0.05, 0.1) is 17.8 Å². The molecule has 0 bridgehead atoms. The minimum absolute atomic E-state index is 0.293. The standard InChI is InChI=1S/C14H18F3N3O/c1-13(2)8-20(5-6-21-13)9-3-4-10(12(18)19)11(7-9)14(15,16)17/h3-4,7H,5-6,8H2,1-2H3,(H3,18,19). The maximum absolute atomic E-state index is 13.1. The van der Waals surface area contributed by atoms with Crippen LogP contribution in [0.15, 0.2) is 18.2 Å². The van der Waals surface area contributed by atoms with Crippen molar-refractivity contribution in [3.63, 3.8) is 0 Å². The van der Waals surface area contributed by atoms with Crippen molar-refractivity contribution in [1.82, 2.24) is 0 Å². The summed E-state index contributed by atoms with van der Waals surface area (Å²) >= 11 is 0. The molecule has 1 saturated heterocycles. The van der Waals surface area contributed by atoms with Gasteiger partial charge in [-0.3, -0.25) is 5.41 Å². The number of nitrogens with zero attached hydrogens (tertiary/aromatic N) is 1. The van der Waals surface area contributed by atoms with E-state index in [9.17, 15) is 13.2 Å². The molecule has 7 heteroatoms. The molecule has 3 N–H and O–H groups in total. The number of amidine groups is 1. The first-order valence-corrected chi connectivity index (χ1v) is 6.55. The molecule has 1 aromatic rings. The molecule has 0 radical (unpaired) electrons. The Balaban J connectivity index is 2.40. The van der Waals surface area contributed by atoms with Crippen molar-refractivity contribution >= 4 is 11.5 Å². The van der Waals surface area contributed by atoms with Crippen molar-refractivity contribution in [2.75, 3.05) is 24.6 Å². The summed E-state index contributed by atoms with van der Waals surface area (Å²) in [5.41, 5.74) is 4.12. The number of halogens is 3. The zero-order chi connectivity index (χ0) is 15.8. The van der Waals surface area contributed by atoms with Crippen molar-refractivity contribution in [3.8, 4) is 0 Å². The molecule has 0 saturated carbocycles. The minimum Gasteiger partial charge on any atom is -0.384 e. The third-order valence-electron chi connectivity index (χ3n) is 3.39. The van der Waals surface area contributed by atoms with Crippen LogP contribution >= 0.6 is 0 Å². The molecule has 1 heterocycles. The summed E-state index contributed by atoms with van der Waals surface area (Å²) in [6.45, 7) is 5.29. The van der Waals surface area contributed by atoms with E-state index >= 15 is 0 Å². The number of nitrogen functional groups attached to an aromatic ring is 1. The van der Waals surface area contributed by atoms with Gasteiger partial charge >= 0.3 is 6.18 Å². The van der Waals surface area contributed by atoms with E-state index in [-0.39, 0.29) is 5.56 Å². The van der Waals surface area contributed by atoms with Crippen LogP contribution in [-0.2, 0) is 10.9 Å².